The normalized spacial score (nSPS) is 13.4. The van der Waals surface area contributed by atoms with Crippen LogP contribution in [0, 0.1) is 0 Å². The summed E-state index contributed by atoms with van der Waals surface area (Å²) in [6.45, 7) is 0. The second-order valence-electron chi connectivity index (χ2n) is 13.1. The molecule has 0 radical (unpaired) electrons. The van der Waals surface area contributed by atoms with E-state index >= 15 is 0 Å². The lowest BCUT2D eigenvalue weighted by Crippen LogP contribution is -2.36. The summed E-state index contributed by atoms with van der Waals surface area (Å²) in [5.41, 5.74) is 4.70. The number of hydrogen-bond acceptors (Lipinski definition) is 11. The molecule has 0 unspecified atom stereocenters. The number of carbonyl (C=O) groups is 3. The molecule has 13 heteroatoms. The predicted octanol–water partition coefficient (Wildman–Crippen LogP) is 11.0. The van der Waals surface area contributed by atoms with E-state index in [1.165, 1.54) is 25.3 Å². The molecular formula is C43H27ClN6O6. The Morgan fingerprint density at radius 2 is 1.27 bits per heavy atom. The first-order valence-electron chi connectivity index (χ1n) is 17.2. The third kappa shape index (κ3) is 5.46. The first-order valence-corrected chi connectivity index (χ1v) is 17.6. The van der Waals surface area contributed by atoms with E-state index in [9.17, 15) is 24.6 Å². The second-order valence-corrected chi connectivity index (χ2v) is 13.6. The van der Waals surface area contributed by atoms with Crippen molar-refractivity contribution in [3.8, 4) is 22.6 Å². The van der Waals surface area contributed by atoms with Gasteiger partial charge in [-0.25, -0.2) is 5.06 Å². The van der Waals surface area contributed by atoms with Gasteiger partial charge in [-0.3, -0.25) is 24.1 Å². The zero-order chi connectivity index (χ0) is 38.8. The highest BCUT2D eigenvalue weighted by molar-refractivity contribution is 6.31. The number of azo groups is 2. The monoisotopic (exact) mass is 758 g/mol. The number of fused-ring (bicyclic) bond motifs is 4. The van der Waals surface area contributed by atoms with E-state index in [1.54, 1.807) is 84.9 Å². The Balaban J connectivity index is 1.03. The molecule has 1 heterocycles. The molecule has 9 rings (SSSR count). The molecule has 1 aliphatic carbocycles. The van der Waals surface area contributed by atoms with Gasteiger partial charge in [-0.15, -0.1) is 10.2 Å². The number of halogens is 1. The van der Waals surface area contributed by atoms with Crippen molar-refractivity contribution in [3.05, 3.63) is 143 Å². The summed E-state index contributed by atoms with van der Waals surface area (Å²) in [5.74, 6) is -1.67. The minimum Gasteiger partial charge on any atom is -0.506 e. The number of nitrogens with zero attached hydrogens (tertiary/aromatic N) is 6. The van der Waals surface area contributed by atoms with Crippen molar-refractivity contribution in [2.24, 2.45) is 20.5 Å². The van der Waals surface area contributed by atoms with Gasteiger partial charge >= 0.3 is 0 Å². The van der Waals surface area contributed by atoms with Gasteiger partial charge < -0.3 is 10.2 Å². The average molecular weight is 759 g/mol. The van der Waals surface area contributed by atoms with E-state index in [4.69, 9.17) is 16.4 Å². The van der Waals surface area contributed by atoms with Gasteiger partial charge in [0, 0.05) is 44.9 Å². The van der Waals surface area contributed by atoms with E-state index in [0.29, 0.717) is 71.7 Å². The van der Waals surface area contributed by atoms with E-state index in [0.717, 1.165) is 10.3 Å². The van der Waals surface area contributed by atoms with Gasteiger partial charge in [0.05, 0.1) is 29.7 Å². The molecule has 2 aliphatic rings. The standard InChI is InChI=1S/C43H27ClN6O6/c1-49-42(54)31-12-6-11-30-37(31)34(43(49)55)21-36(51)38(30)47-45-24-13-15-28-29-16-14-25(20-33(29)40(52)32(28)19-24)46-48-39-27-10-4-3-7-22(27)17-35(41(39)53)50(56-2)26-9-5-8-23(44)18-26/h3-21,51,53H,1-2H3. The van der Waals surface area contributed by atoms with Crippen LogP contribution < -0.4 is 5.06 Å². The number of rotatable bonds is 7. The number of ketones is 1. The molecule has 2 amide bonds. The fourth-order valence-electron chi connectivity index (χ4n) is 7.26. The molecule has 12 nitrogen and oxygen atoms in total. The summed E-state index contributed by atoms with van der Waals surface area (Å²) in [6.07, 6.45) is 0. The van der Waals surface area contributed by atoms with Crippen LogP contribution in [0.3, 0.4) is 0 Å². The van der Waals surface area contributed by atoms with Crippen LogP contribution in [0.5, 0.6) is 11.5 Å². The average Bonchev–Trinajstić information content (AvgIpc) is 3.48. The minimum atomic E-state index is -0.525. The molecule has 0 saturated heterocycles. The van der Waals surface area contributed by atoms with Crippen molar-refractivity contribution in [2.45, 2.75) is 0 Å². The molecule has 7 aromatic rings. The molecule has 1 aliphatic heterocycles. The van der Waals surface area contributed by atoms with E-state index in [1.807, 2.05) is 24.3 Å². The van der Waals surface area contributed by atoms with Gasteiger partial charge in [0.1, 0.15) is 22.8 Å². The zero-order valence-corrected chi connectivity index (χ0v) is 30.3. The van der Waals surface area contributed by atoms with Gasteiger partial charge in [0.15, 0.2) is 11.5 Å². The topological polar surface area (TPSA) is 157 Å². The number of aromatic hydroxyl groups is 2. The van der Waals surface area contributed by atoms with Crippen molar-refractivity contribution in [1.82, 2.24) is 4.90 Å². The van der Waals surface area contributed by atoms with Gasteiger partial charge in [0.2, 0.25) is 0 Å². The third-order valence-corrected chi connectivity index (χ3v) is 10.2. The number of amides is 2. The number of benzene rings is 7. The number of anilines is 2. The highest BCUT2D eigenvalue weighted by Gasteiger charge is 2.32. The lowest BCUT2D eigenvalue weighted by atomic mass is 9.93. The molecule has 0 spiro atoms. The smallest absolute Gasteiger partial charge is 0.261 e. The quantitative estimate of drug-likeness (QED) is 0.0930. The van der Waals surface area contributed by atoms with Crippen molar-refractivity contribution >= 4 is 84.9 Å². The third-order valence-electron chi connectivity index (χ3n) is 9.92. The van der Waals surface area contributed by atoms with Crippen molar-refractivity contribution in [1.29, 1.82) is 0 Å². The first kappa shape index (κ1) is 34.5. The Labute approximate surface area is 323 Å². The summed E-state index contributed by atoms with van der Waals surface area (Å²) in [4.78, 5) is 46.1. The minimum absolute atomic E-state index is 0.0876. The summed E-state index contributed by atoms with van der Waals surface area (Å²) in [5, 5.41) is 44.2. The number of phenolic OH excluding ortho intramolecular Hbond substituents is 2. The molecule has 272 valence electrons. The van der Waals surface area contributed by atoms with Crippen molar-refractivity contribution in [2.75, 3.05) is 19.2 Å². The van der Waals surface area contributed by atoms with Crippen LogP contribution in [-0.4, -0.2) is 46.9 Å². The maximum absolute atomic E-state index is 13.8. The van der Waals surface area contributed by atoms with E-state index in [2.05, 4.69) is 20.5 Å². The van der Waals surface area contributed by atoms with Crippen molar-refractivity contribution < 1.29 is 29.4 Å². The number of carbonyl (C=O) groups excluding carboxylic acids is 3. The fraction of sp³-hybridized carbons (Fsp3) is 0.0465. The Morgan fingerprint density at radius 3 is 1.96 bits per heavy atom. The Hall–Kier alpha value is -7.28. The van der Waals surface area contributed by atoms with E-state index in [-0.39, 0.29) is 34.2 Å². The molecule has 0 aromatic heterocycles. The van der Waals surface area contributed by atoms with Gasteiger partial charge in [-0.2, -0.15) is 10.2 Å². The Kier molecular flexibility index (Phi) is 8.15. The Bertz CT molecular complexity index is 2940. The summed E-state index contributed by atoms with van der Waals surface area (Å²) in [7, 11) is 2.87. The fourth-order valence-corrected chi connectivity index (χ4v) is 7.44. The van der Waals surface area contributed by atoms with Gasteiger partial charge in [-0.1, -0.05) is 66.2 Å². The largest absolute Gasteiger partial charge is 0.506 e. The molecule has 0 fully saturated rings. The lowest BCUT2D eigenvalue weighted by Gasteiger charge is -2.24. The summed E-state index contributed by atoms with van der Waals surface area (Å²) in [6, 6.07) is 32.7. The summed E-state index contributed by atoms with van der Waals surface area (Å²) < 4.78 is 0. The molecule has 56 heavy (non-hydrogen) atoms. The molecular weight excluding hydrogens is 732 g/mol. The van der Waals surface area contributed by atoms with Gasteiger partial charge in [-0.05, 0) is 77.2 Å². The zero-order valence-electron chi connectivity index (χ0n) is 29.6. The molecule has 0 saturated carbocycles. The summed E-state index contributed by atoms with van der Waals surface area (Å²) >= 11 is 6.25. The van der Waals surface area contributed by atoms with Crippen molar-refractivity contribution in [3.63, 3.8) is 0 Å². The number of phenols is 2. The van der Waals surface area contributed by atoms with Crippen LogP contribution in [-0.2, 0) is 4.84 Å². The second kappa shape index (κ2) is 13.2. The molecule has 0 bridgehead atoms. The number of imide groups is 1. The van der Waals surface area contributed by atoms with Crippen LogP contribution in [0.4, 0.5) is 34.1 Å². The predicted molar refractivity (Wildman–Crippen MR) is 212 cm³/mol. The van der Waals surface area contributed by atoms with Crippen LogP contribution in [0.1, 0.15) is 36.6 Å². The molecule has 2 N–H and O–H groups in total. The van der Waals surface area contributed by atoms with Crippen LogP contribution in [0.25, 0.3) is 32.7 Å². The highest BCUT2D eigenvalue weighted by Crippen LogP contribution is 2.47. The lowest BCUT2D eigenvalue weighted by molar-refractivity contribution is 0.0650. The maximum atomic E-state index is 13.8. The van der Waals surface area contributed by atoms with Crippen LogP contribution >= 0.6 is 11.6 Å². The molecule has 0 atom stereocenters. The maximum Gasteiger partial charge on any atom is 0.261 e. The number of hydrogen-bond donors (Lipinski definition) is 2. The molecule has 7 aromatic carbocycles. The van der Waals surface area contributed by atoms with Crippen LogP contribution in [0.15, 0.2) is 136 Å². The highest BCUT2D eigenvalue weighted by atomic mass is 35.5. The van der Waals surface area contributed by atoms with Crippen LogP contribution in [0.2, 0.25) is 5.02 Å². The van der Waals surface area contributed by atoms with E-state index < -0.39 is 11.8 Å². The Morgan fingerprint density at radius 1 is 0.625 bits per heavy atom. The SMILES string of the molecule is CON(c1cccc(Cl)c1)c1cc2ccccc2c(N=Nc2ccc3c(c2)C(=O)c2cc(N=Nc4c(O)cc5c6c(cccc46)C(=O)N(C)C5=O)ccc2-3)c1O. The first-order chi connectivity index (χ1) is 27.1. The van der Waals surface area contributed by atoms with Gasteiger partial charge in [0.25, 0.3) is 11.8 Å².